The zero-order chi connectivity index (χ0) is 37.7. The summed E-state index contributed by atoms with van der Waals surface area (Å²) in [5.74, 6) is 0.432. The van der Waals surface area contributed by atoms with Crippen LogP contribution in [-0.2, 0) is 36.7 Å². The van der Waals surface area contributed by atoms with E-state index >= 15 is 0 Å². The van der Waals surface area contributed by atoms with Gasteiger partial charge in [0.05, 0.1) is 23.5 Å². The normalized spacial score (nSPS) is 18.2. The predicted octanol–water partition coefficient (Wildman–Crippen LogP) is 9.89. The Hall–Kier alpha value is -4.81. The van der Waals surface area contributed by atoms with Gasteiger partial charge in [-0.05, 0) is 81.3 Å². The molecule has 3 atom stereocenters. The van der Waals surface area contributed by atoms with Gasteiger partial charge in [0.25, 0.3) is 0 Å². The third-order valence-electron chi connectivity index (χ3n) is 8.83. The lowest BCUT2D eigenvalue weighted by Gasteiger charge is -2.48. The molecule has 0 aliphatic carbocycles. The lowest BCUT2D eigenvalue weighted by Crippen LogP contribution is -2.58. The number of aromatic nitrogens is 2. The zero-order valence-corrected chi connectivity index (χ0v) is 29.4. The number of ether oxygens (including phenoxy) is 2. The second-order valence-corrected chi connectivity index (χ2v) is 14.0. The molecule has 1 aliphatic heterocycles. The van der Waals surface area contributed by atoms with E-state index in [2.05, 4.69) is 9.97 Å². The molecule has 1 amide bonds. The molecule has 4 aromatic rings. The Balaban J connectivity index is 1.54. The van der Waals surface area contributed by atoms with E-state index in [1.807, 2.05) is 67.6 Å². The summed E-state index contributed by atoms with van der Waals surface area (Å²) >= 11 is 0. The van der Waals surface area contributed by atoms with Gasteiger partial charge in [0.1, 0.15) is 12.2 Å². The fraction of sp³-hybridized carbons (Fsp3) is 0.410. The molecule has 3 unspecified atom stereocenters. The van der Waals surface area contributed by atoms with Crippen molar-refractivity contribution in [2.45, 2.75) is 103 Å². The molecule has 52 heavy (non-hydrogen) atoms. The molecule has 5 rings (SSSR count). The van der Waals surface area contributed by atoms with Crippen molar-refractivity contribution in [3.05, 3.63) is 119 Å². The number of nitrogens with zero attached hydrogens (tertiary/aromatic N) is 4. The highest BCUT2D eigenvalue weighted by atomic mass is 19.4. The van der Waals surface area contributed by atoms with Crippen molar-refractivity contribution in [3.63, 3.8) is 0 Å². The lowest BCUT2D eigenvalue weighted by molar-refractivity contribution is -0.143. The maximum Gasteiger partial charge on any atom is 0.416 e. The van der Waals surface area contributed by atoms with E-state index in [0.29, 0.717) is 31.4 Å². The first-order valence-electron chi connectivity index (χ1n) is 17.1. The van der Waals surface area contributed by atoms with Gasteiger partial charge >= 0.3 is 18.4 Å². The first kappa shape index (κ1) is 38.4. The number of halogens is 6. The van der Waals surface area contributed by atoms with E-state index in [1.165, 1.54) is 12.4 Å². The van der Waals surface area contributed by atoms with E-state index in [-0.39, 0.29) is 36.8 Å². The molecule has 1 aromatic heterocycles. The Morgan fingerprint density at radius 3 is 1.85 bits per heavy atom. The molecule has 3 aromatic carbocycles. The molecule has 0 saturated carbocycles. The Labute approximate surface area is 299 Å². The van der Waals surface area contributed by atoms with Crippen LogP contribution in [0.1, 0.15) is 74.8 Å². The number of benzene rings is 3. The van der Waals surface area contributed by atoms with Crippen LogP contribution in [0.15, 0.2) is 91.3 Å². The summed E-state index contributed by atoms with van der Waals surface area (Å²) in [5, 5.41) is 0. The maximum absolute atomic E-state index is 13.9. The molecule has 2 heterocycles. The summed E-state index contributed by atoms with van der Waals surface area (Å²) in [6.07, 6.45) is -6.05. The topological polar surface area (TPSA) is 67.8 Å². The summed E-state index contributed by atoms with van der Waals surface area (Å²) in [4.78, 5) is 26.1. The number of anilines is 1. The third kappa shape index (κ3) is 10.2. The van der Waals surface area contributed by atoms with Gasteiger partial charge in [-0.2, -0.15) is 26.3 Å². The molecular weight excluding hydrogens is 686 g/mol. The van der Waals surface area contributed by atoms with Gasteiger partial charge in [0.2, 0.25) is 5.95 Å². The first-order chi connectivity index (χ1) is 24.5. The van der Waals surface area contributed by atoms with Crippen molar-refractivity contribution in [3.8, 4) is 5.75 Å². The quantitative estimate of drug-likeness (QED) is 0.152. The van der Waals surface area contributed by atoms with Gasteiger partial charge in [-0.15, -0.1) is 0 Å². The van der Waals surface area contributed by atoms with Crippen molar-refractivity contribution in [2.75, 3.05) is 4.90 Å². The molecule has 0 radical (unpaired) electrons. The van der Waals surface area contributed by atoms with Crippen LogP contribution >= 0.6 is 0 Å². The molecule has 1 fully saturated rings. The van der Waals surface area contributed by atoms with Gasteiger partial charge in [-0.25, -0.2) is 14.8 Å². The Morgan fingerprint density at radius 1 is 0.788 bits per heavy atom. The van der Waals surface area contributed by atoms with Crippen molar-refractivity contribution >= 4 is 12.0 Å². The fourth-order valence-electron chi connectivity index (χ4n) is 6.49. The molecule has 0 bridgehead atoms. The molecule has 1 aliphatic rings. The maximum atomic E-state index is 13.9. The summed E-state index contributed by atoms with van der Waals surface area (Å²) in [6, 6.07) is 19.2. The van der Waals surface area contributed by atoms with Crippen LogP contribution in [0, 0.1) is 0 Å². The number of alkyl halides is 6. The van der Waals surface area contributed by atoms with E-state index in [1.54, 1.807) is 30.6 Å². The predicted molar refractivity (Wildman–Crippen MR) is 185 cm³/mol. The van der Waals surface area contributed by atoms with Crippen LogP contribution < -0.4 is 9.64 Å². The van der Waals surface area contributed by atoms with Crippen LogP contribution in [0.2, 0.25) is 0 Å². The number of likely N-dealkylation sites (tertiary alicyclic amines) is 1. The highest BCUT2D eigenvalue weighted by molar-refractivity contribution is 5.69. The summed E-state index contributed by atoms with van der Waals surface area (Å²) in [6.45, 7) is 7.14. The van der Waals surface area contributed by atoms with Gasteiger partial charge in [-0.3, -0.25) is 0 Å². The van der Waals surface area contributed by atoms with Crippen molar-refractivity contribution in [1.82, 2.24) is 14.9 Å². The third-order valence-corrected chi connectivity index (χ3v) is 8.83. The van der Waals surface area contributed by atoms with Gasteiger partial charge in [0, 0.05) is 24.7 Å². The number of rotatable bonds is 10. The number of hydrogen-bond acceptors (Lipinski definition) is 6. The summed E-state index contributed by atoms with van der Waals surface area (Å²) < 4.78 is 95.2. The van der Waals surface area contributed by atoms with E-state index in [9.17, 15) is 31.1 Å². The average Bonchev–Trinajstić information content (AvgIpc) is 3.09. The fourth-order valence-corrected chi connectivity index (χ4v) is 6.49. The van der Waals surface area contributed by atoms with Crippen molar-refractivity contribution < 1.29 is 40.6 Å². The van der Waals surface area contributed by atoms with Crippen LogP contribution in [0.25, 0.3) is 0 Å². The number of amides is 1. The zero-order valence-electron chi connectivity index (χ0n) is 29.4. The SMILES string of the molecule is CCC1CC(N(Cc2cc(C(F)(F)F)cc(C(F)(F)F)c2)c2ncc(OCc3ccccc3)cn2)CC(Cc2ccccc2)N1C(=O)OC(C)(C)C. The Bertz CT molecular complexity index is 1730. The molecule has 278 valence electrons. The number of carbonyl (C=O) groups excluding carboxylic acids is 1. The largest absolute Gasteiger partial charge is 0.486 e. The molecular formula is C39H42F6N4O3. The lowest BCUT2D eigenvalue weighted by atomic mass is 9.86. The molecule has 0 spiro atoms. The monoisotopic (exact) mass is 728 g/mol. The van der Waals surface area contributed by atoms with Crippen LogP contribution in [0.3, 0.4) is 0 Å². The van der Waals surface area contributed by atoms with Gasteiger partial charge in [0.15, 0.2) is 5.75 Å². The van der Waals surface area contributed by atoms with Crippen molar-refractivity contribution in [2.24, 2.45) is 0 Å². The Kier molecular flexibility index (Phi) is 11.7. The summed E-state index contributed by atoms with van der Waals surface area (Å²) in [7, 11) is 0. The standard InChI is InChI=1S/C39H42F6N4O3/c1-5-31-20-32(21-33(18-26-12-8-6-9-13-26)49(31)36(50)52-37(2,3)4)48(24-28-16-29(38(40,41)42)19-30(17-28)39(43,44)45)35-46-22-34(23-47-35)51-25-27-14-10-7-11-15-27/h6-17,19,22-23,31-33H,5,18,20-21,24-25H2,1-4H3. The first-order valence-corrected chi connectivity index (χ1v) is 17.1. The van der Waals surface area contributed by atoms with Crippen LogP contribution in [0.5, 0.6) is 5.75 Å². The molecule has 13 heteroatoms. The smallest absolute Gasteiger partial charge is 0.416 e. The van der Waals surface area contributed by atoms with Gasteiger partial charge in [-0.1, -0.05) is 67.6 Å². The van der Waals surface area contributed by atoms with Gasteiger partial charge < -0.3 is 19.3 Å². The highest BCUT2D eigenvalue weighted by Crippen LogP contribution is 2.38. The average molecular weight is 729 g/mol. The second kappa shape index (κ2) is 15.8. The van der Waals surface area contributed by atoms with Crippen LogP contribution in [-0.4, -0.2) is 44.7 Å². The number of piperidine rings is 1. The van der Waals surface area contributed by atoms with Crippen molar-refractivity contribution in [1.29, 1.82) is 0 Å². The Morgan fingerprint density at radius 2 is 1.33 bits per heavy atom. The van der Waals surface area contributed by atoms with Crippen LogP contribution in [0.4, 0.5) is 37.1 Å². The minimum Gasteiger partial charge on any atom is -0.486 e. The second-order valence-electron chi connectivity index (χ2n) is 14.0. The summed E-state index contributed by atoms with van der Waals surface area (Å²) in [5.41, 5.74) is -1.94. The van der Waals surface area contributed by atoms with E-state index in [4.69, 9.17) is 9.47 Å². The van der Waals surface area contributed by atoms with E-state index < -0.39 is 47.3 Å². The number of hydrogen-bond donors (Lipinski definition) is 0. The number of carbonyl (C=O) groups is 1. The minimum atomic E-state index is -5.01. The molecule has 7 nitrogen and oxygen atoms in total. The molecule has 0 N–H and O–H groups in total. The van der Waals surface area contributed by atoms with E-state index in [0.717, 1.165) is 23.3 Å². The minimum absolute atomic E-state index is 0.0991. The highest BCUT2D eigenvalue weighted by Gasteiger charge is 2.43. The molecule has 1 saturated heterocycles.